The molecule has 11 heteroatoms. The van der Waals surface area contributed by atoms with Crippen molar-refractivity contribution in [2.45, 2.75) is 71.1 Å². The summed E-state index contributed by atoms with van der Waals surface area (Å²) in [5.41, 5.74) is 8.44. The van der Waals surface area contributed by atoms with Crippen molar-refractivity contribution in [3.8, 4) is 5.75 Å². The molecule has 0 saturated heterocycles. The molecule has 0 radical (unpaired) electrons. The number of fused-ring (bicyclic) bond motifs is 2. The summed E-state index contributed by atoms with van der Waals surface area (Å²) in [6.07, 6.45) is 2.42. The third-order valence-corrected chi connectivity index (χ3v) is 7.65. The molecule has 1 saturated carbocycles. The van der Waals surface area contributed by atoms with Gasteiger partial charge in [0.2, 0.25) is 0 Å². The maximum Gasteiger partial charge on any atom is 0.164 e. The Morgan fingerprint density at radius 2 is 2.03 bits per heavy atom. The first-order chi connectivity index (χ1) is 16.5. The quantitative estimate of drug-likeness (QED) is 0.463. The number of ether oxygens (including phenoxy) is 1. The van der Waals surface area contributed by atoms with E-state index in [0.717, 1.165) is 0 Å². The lowest BCUT2D eigenvalue weighted by Gasteiger charge is -2.46. The van der Waals surface area contributed by atoms with Crippen LogP contribution in [0.2, 0.25) is 5.02 Å². The number of rotatable bonds is 4. The van der Waals surface area contributed by atoms with Crippen LogP contribution in [0, 0.1) is 18.7 Å². The molecule has 35 heavy (non-hydrogen) atoms. The highest BCUT2D eigenvalue weighted by molar-refractivity contribution is 6.31. The number of nitrogen functional groups attached to an aromatic ring is 1. The van der Waals surface area contributed by atoms with E-state index in [-0.39, 0.29) is 29.1 Å². The average Bonchev–Trinajstić information content (AvgIpc) is 2.97. The number of anilines is 1. The summed E-state index contributed by atoms with van der Waals surface area (Å²) in [6.45, 7) is 8.02. The molecule has 1 aromatic carbocycles. The Morgan fingerprint density at radius 1 is 1.31 bits per heavy atom. The summed E-state index contributed by atoms with van der Waals surface area (Å²) in [5, 5.41) is 25.2. The fraction of sp³-hybridized carbons (Fsp3) is 0.542. The van der Waals surface area contributed by atoms with E-state index < -0.39 is 11.6 Å². The molecule has 3 heterocycles. The molecular weight excluding hydrogens is 475 g/mol. The summed E-state index contributed by atoms with van der Waals surface area (Å²) < 4.78 is 23.4. The Bertz CT molecular complexity index is 1290. The number of hydrogen-bond acceptors (Lipinski definition) is 8. The van der Waals surface area contributed by atoms with Gasteiger partial charge in [0.05, 0.1) is 22.1 Å². The molecule has 1 aliphatic heterocycles. The topological polar surface area (TPSA) is 123 Å². The Hall–Kier alpha value is -2.53. The molecule has 188 valence electrons. The van der Waals surface area contributed by atoms with Gasteiger partial charge in [-0.25, -0.2) is 19.0 Å². The number of aliphatic hydroxyl groups is 2. The van der Waals surface area contributed by atoms with Gasteiger partial charge in [-0.05, 0) is 46.6 Å². The minimum atomic E-state index is -1.71. The molecule has 1 aliphatic carbocycles. The first-order valence-electron chi connectivity index (χ1n) is 11.8. The summed E-state index contributed by atoms with van der Waals surface area (Å²) in [5.74, 6) is -1.62. The highest BCUT2D eigenvalue weighted by Crippen LogP contribution is 2.44. The van der Waals surface area contributed by atoms with Crippen molar-refractivity contribution in [1.29, 1.82) is 0 Å². The predicted molar refractivity (Wildman–Crippen MR) is 130 cm³/mol. The summed E-state index contributed by atoms with van der Waals surface area (Å²) in [6, 6.07) is 1.33. The third kappa shape index (κ3) is 4.12. The second-order valence-corrected chi connectivity index (χ2v) is 10.4. The highest BCUT2D eigenvalue weighted by Gasteiger charge is 2.44. The summed E-state index contributed by atoms with van der Waals surface area (Å²) in [4.78, 5) is 10.6. The van der Waals surface area contributed by atoms with Crippen LogP contribution in [0.1, 0.15) is 56.5 Å². The zero-order valence-electron chi connectivity index (χ0n) is 20.2. The van der Waals surface area contributed by atoms with Crippen molar-refractivity contribution in [3.63, 3.8) is 0 Å². The number of benzene rings is 1. The average molecular weight is 505 g/mol. The van der Waals surface area contributed by atoms with E-state index in [1.807, 2.05) is 20.8 Å². The lowest BCUT2D eigenvalue weighted by atomic mass is 9.74. The zero-order valence-corrected chi connectivity index (χ0v) is 20.9. The van der Waals surface area contributed by atoms with Gasteiger partial charge in [0.25, 0.3) is 0 Å². The standard InChI is InChI=1S/C24H30ClFN6O3/c1-11-8-31(15-5-14(6-15)24(4,33)34)9-17-20(26)18(25)7-16(21(17)35-11)13(3)32-23-19(12(2)30-32)22(27)28-10-29-23/h7,10-11,13-15,33-34H,5-6,8-9H2,1-4H3,(H2,27,28,29). The highest BCUT2D eigenvalue weighted by atomic mass is 35.5. The smallest absolute Gasteiger partial charge is 0.164 e. The number of hydrogen-bond donors (Lipinski definition) is 3. The van der Waals surface area contributed by atoms with Gasteiger partial charge in [-0.3, -0.25) is 4.90 Å². The number of aromatic nitrogens is 4. The van der Waals surface area contributed by atoms with E-state index >= 15 is 4.39 Å². The Kier molecular flexibility index (Phi) is 5.90. The molecule has 3 aromatic rings. The van der Waals surface area contributed by atoms with Crippen molar-refractivity contribution < 1.29 is 19.3 Å². The molecule has 0 amide bonds. The van der Waals surface area contributed by atoms with Gasteiger partial charge in [0, 0.05) is 36.2 Å². The van der Waals surface area contributed by atoms with Crippen LogP contribution in [-0.2, 0) is 6.54 Å². The van der Waals surface area contributed by atoms with Gasteiger partial charge >= 0.3 is 0 Å². The number of halogens is 2. The van der Waals surface area contributed by atoms with Gasteiger partial charge in [0.15, 0.2) is 11.4 Å². The molecule has 9 nitrogen and oxygen atoms in total. The maximum atomic E-state index is 15.4. The fourth-order valence-corrected chi connectivity index (χ4v) is 5.52. The molecule has 2 aromatic heterocycles. The second-order valence-electron chi connectivity index (χ2n) is 10.0. The minimum Gasteiger partial charge on any atom is -0.489 e. The molecule has 5 rings (SSSR count). The van der Waals surface area contributed by atoms with Crippen molar-refractivity contribution in [2.75, 3.05) is 12.3 Å². The van der Waals surface area contributed by atoms with Gasteiger partial charge in [0.1, 0.15) is 29.8 Å². The Labute approximate surface area is 207 Å². The van der Waals surface area contributed by atoms with E-state index in [2.05, 4.69) is 20.0 Å². The normalized spacial score (nSPS) is 23.9. The van der Waals surface area contributed by atoms with E-state index in [9.17, 15) is 10.2 Å². The first-order valence-corrected chi connectivity index (χ1v) is 12.1. The van der Waals surface area contributed by atoms with Crippen LogP contribution >= 0.6 is 11.6 Å². The van der Waals surface area contributed by atoms with Crippen LogP contribution in [0.15, 0.2) is 12.4 Å². The molecule has 1 fully saturated rings. The van der Waals surface area contributed by atoms with Crippen molar-refractivity contribution in [1.82, 2.24) is 24.6 Å². The van der Waals surface area contributed by atoms with Crippen molar-refractivity contribution in [3.05, 3.63) is 40.1 Å². The molecule has 2 atom stereocenters. The van der Waals surface area contributed by atoms with Crippen LogP contribution in [-0.4, -0.2) is 59.3 Å². The molecule has 2 unspecified atom stereocenters. The number of nitrogens with zero attached hydrogens (tertiary/aromatic N) is 5. The third-order valence-electron chi connectivity index (χ3n) is 7.38. The molecule has 0 spiro atoms. The second kappa shape index (κ2) is 8.55. The number of aryl methyl sites for hydroxylation is 1. The van der Waals surface area contributed by atoms with Crippen molar-refractivity contribution >= 4 is 28.5 Å². The van der Waals surface area contributed by atoms with Gasteiger partial charge in [-0.15, -0.1) is 0 Å². The van der Waals surface area contributed by atoms with Crippen LogP contribution in [0.3, 0.4) is 0 Å². The van der Waals surface area contributed by atoms with E-state index in [0.29, 0.717) is 65.4 Å². The SMILES string of the molecule is Cc1nn(C(C)c2cc(Cl)c(F)c3c2OC(C)CN(C2CC(C(C)(O)O)C2)C3)c2ncnc(N)c12. The molecule has 2 aliphatic rings. The van der Waals surface area contributed by atoms with Gasteiger partial charge in [-0.2, -0.15) is 5.10 Å². The van der Waals surface area contributed by atoms with Gasteiger partial charge in [-0.1, -0.05) is 11.6 Å². The lowest BCUT2D eigenvalue weighted by Crippen LogP contribution is -2.53. The minimum absolute atomic E-state index is 0.0100. The molecular formula is C24H30ClFN6O3. The van der Waals surface area contributed by atoms with Crippen LogP contribution in [0.4, 0.5) is 10.2 Å². The largest absolute Gasteiger partial charge is 0.489 e. The van der Waals surface area contributed by atoms with E-state index in [4.69, 9.17) is 22.1 Å². The molecule has 0 bridgehead atoms. The lowest BCUT2D eigenvalue weighted by molar-refractivity contribution is -0.214. The van der Waals surface area contributed by atoms with Crippen LogP contribution in [0.5, 0.6) is 5.75 Å². The number of nitrogens with two attached hydrogens (primary N) is 1. The van der Waals surface area contributed by atoms with Crippen LogP contribution in [0.25, 0.3) is 11.0 Å². The summed E-state index contributed by atoms with van der Waals surface area (Å²) in [7, 11) is 0. The maximum absolute atomic E-state index is 15.4. The first kappa shape index (κ1) is 24.2. The predicted octanol–water partition coefficient (Wildman–Crippen LogP) is 3.18. The summed E-state index contributed by atoms with van der Waals surface area (Å²) >= 11 is 6.39. The van der Waals surface area contributed by atoms with Crippen LogP contribution < -0.4 is 10.5 Å². The van der Waals surface area contributed by atoms with Crippen molar-refractivity contribution in [2.24, 2.45) is 5.92 Å². The van der Waals surface area contributed by atoms with Gasteiger partial charge < -0.3 is 20.7 Å². The van der Waals surface area contributed by atoms with E-state index in [1.165, 1.54) is 13.3 Å². The zero-order chi connectivity index (χ0) is 25.2. The van der Waals surface area contributed by atoms with E-state index in [1.54, 1.807) is 10.7 Å². The Balaban J connectivity index is 1.54. The monoisotopic (exact) mass is 504 g/mol. The Morgan fingerprint density at radius 3 is 2.71 bits per heavy atom. The fourth-order valence-electron chi connectivity index (χ4n) is 5.29. The molecule has 4 N–H and O–H groups in total.